The Bertz CT molecular complexity index is 513. The van der Waals surface area contributed by atoms with E-state index in [1.165, 1.54) is 0 Å². The zero-order chi connectivity index (χ0) is 16.0. The van der Waals surface area contributed by atoms with Crippen LogP contribution in [0.2, 0.25) is 0 Å². The summed E-state index contributed by atoms with van der Waals surface area (Å²) in [6.45, 7) is 9.99. The van der Waals surface area contributed by atoms with Gasteiger partial charge in [0, 0.05) is 18.8 Å². The van der Waals surface area contributed by atoms with E-state index >= 15 is 0 Å². The monoisotopic (exact) mass is 303 g/mol. The number of piperidine rings is 1. The van der Waals surface area contributed by atoms with Crippen molar-refractivity contribution < 1.29 is 14.4 Å². The van der Waals surface area contributed by atoms with E-state index in [0.717, 1.165) is 37.1 Å². The average Bonchev–Trinajstić information content (AvgIpc) is 2.68. The van der Waals surface area contributed by atoms with Gasteiger partial charge < -0.3 is 19.3 Å². The summed E-state index contributed by atoms with van der Waals surface area (Å²) >= 11 is 0. The molecule has 3 rings (SSSR count). The molecule has 2 heterocycles. The van der Waals surface area contributed by atoms with Crippen molar-refractivity contribution in [3.63, 3.8) is 0 Å². The highest BCUT2D eigenvalue weighted by Gasteiger charge is 2.51. The Morgan fingerprint density at radius 2 is 1.68 bits per heavy atom. The minimum Gasteiger partial charge on any atom is -0.399 e. The van der Waals surface area contributed by atoms with E-state index in [4.69, 9.17) is 9.31 Å². The topological polar surface area (TPSA) is 41.9 Å². The van der Waals surface area contributed by atoms with E-state index in [-0.39, 0.29) is 24.4 Å². The Morgan fingerprint density at radius 1 is 1.09 bits per heavy atom. The van der Waals surface area contributed by atoms with Crippen molar-refractivity contribution in [2.75, 3.05) is 18.0 Å². The van der Waals surface area contributed by atoms with Crippen molar-refractivity contribution in [1.82, 2.24) is 0 Å². The molecule has 0 amide bonds. The van der Waals surface area contributed by atoms with E-state index in [0.29, 0.717) is 0 Å². The standard InChI is InChI=1S/C17H26BNO3/c1-16(2)17(3,4)22-18(21-16)13-7-9-14(10-8-13)19-11-5-6-15(20)12-19/h7-10,15,20H,5-6,11-12H2,1-4H3. The lowest BCUT2D eigenvalue weighted by Gasteiger charge is -2.32. The Balaban J connectivity index is 1.72. The highest BCUT2D eigenvalue weighted by molar-refractivity contribution is 6.62. The first-order valence-corrected chi connectivity index (χ1v) is 8.17. The molecule has 1 aromatic carbocycles. The fourth-order valence-corrected chi connectivity index (χ4v) is 3.01. The van der Waals surface area contributed by atoms with E-state index in [9.17, 15) is 5.11 Å². The maximum atomic E-state index is 9.80. The van der Waals surface area contributed by atoms with Crippen molar-refractivity contribution in [2.45, 2.75) is 57.8 Å². The highest BCUT2D eigenvalue weighted by Crippen LogP contribution is 2.36. The molecule has 2 saturated heterocycles. The normalized spacial score (nSPS) is 27.2. The lowest BCUT2D eigenvalue weighted by molar-refractivity contribution is 0.00578. The van der Waals surface area contributed by atoms with Crippen LogP contribution in [0.25, 0.3) is 0 Å². The van der Waals surface area contributed by atoms with E-state index in [2.05, 4.69) is 56.9 Å². The molecule has 4 nitrogen and oxygen atoms in total. The van der Waals surface area contributed by atoms with Crippen molar-refractivity contribution in [3.8, 4) is 0 Å². The highest BCUT2D eigenvalue weighted by atomic mass is 16.7. The molecule has 0 spiro atoms. The van der Waals surface area contributed by atoms with Crippen LogP contribution in [0.4, 0.5) is 5.69 Å². The molecule has 0 bridgehead atoms. The fraction of sp³-hybridized carbons (Fsp3) is 0.647. The zero-order valence-corrected chi connectivity index (χ0v) is 14.0. The first-order valence-electron chi connectivity index (χ1n) is 8.17. The van der Waals surface area contributed by atoms with E-state index < -0.39 is 0 Å². The second-order valence-electron chi connectivity index (χ2n) is 7.42. The minimum absolute atomic E-state index is 0.212. The Morgan fingerprint density at radius 3 is 2.23 bits per heavy atom. The molecule has 5 heteroatoms. The quantitative estimate of drug-likeness (QED) is 0.848. The molecule has 2 fully saturated rings. The molecule has 2 aliphatic heterocycles. The van der Waals surface area contributed by atoms with Crippen LogP contribution < -0.4 is 10.4 Å². The smallest absolute Gasteiger partial charge is 0.399 e. The summed E-state index contributed by atoms with van der Waals surface area (Å²) in [5.41, 5.74) is 1.57. The summed E-state index contributed by atoms with van der Waals surface area (Å²) in [7, 11) is -0.314. The predicted octanol–water partition coefficient (Wildman–Crippen LogP) is 1.95. The number of aliphatic hydroxyl groups is 1. The second kappa shape index (κ2) is 5.55. The molecular formula is C17H26BNO3. The number of hydrogen-bond acceptors (Lipinski definition) is 4. The lowest BCUT2D eigenvalue weighted by atomic mass is 9.79. The summed E-state index contributed by atoms with van der Waals surface area (Å²) in [4.78, 5) is 2.24. The van der Waals surface area contributed by atoms with Crippen LogP contribution >= 0.6 is 0 Å². The van der Waals surface area contributed by atoms with Crippen molar-refractivity contribution in [2.24, 2.45) is 0 Å². The number of anilines is 1. The van der Waals surface area contributed by atoms with Gasteiger partial charge in [-0.25, -0.2) is 0 Å². The Labute approximate surface area is 133 Å². The molecule has 1 unspecified atom stereocenters. The maximum Gasteiger partial charge on any atom is 0.494 e. The molecule has 0 saturated carbocycles. The summed E-state index contributed by atoms with van der Waals surface area (Å²) in [6, 6.07) is 8.33. The second-order valence-corrected chi connectivity index (χ2v) is 7.42. The first kappa shape index (κ1) is 15.8. The largest absolute Gasteiger partial charge is 0.494 e. The van der Waals surface area contributed by atoms with Gasteiger partial charge in [-0.2, -0.15) is 0 Å². The van der Waals surface area contributed by atoms with Crippen molar-refractivity contribution in [3.05, 3.63) is 24.3 Å². The predicted molar refractivity (Wildman–Crippen MR) is 89.6 cm³/mol. The van der Waals surface area contributed by atoms with Crippen LogP contribution in [0.3, 0.4) is 0 Å². The Hall–Kier alpha value is -1.04. The van der Waals surface area contributed by atoms with Crippen LogP contribution in [0.1, 0.15) is 40.5 Å². The molecular weight excluding hydrogens is 277 g/mol. The number of nitrogens with zero attached hydrogens (tertiary/aromatic N) is 1. The molecule has 2 aliphatic rings. The third-order valence-corrected chi connectivity index (χ3v) is 5.18. The van der Waals surface area contributed by atoms with Crippen LogP contribution in [-0.4, -0.2) is 42.6 Å². The summed E-state index contributed by atoms with van der Waals surface area (Å²) in [6.07, 6.45) is 1.74. The van der Waals surface area contributed by atoms with Gasteiger partial charge in [0.05, 0.1) is 17.3 Å². The molecule has 0 radical (unpaired) electrons. The number of rotatable bonds is 2. The van der Waals surface area contributed by atoms with Crippen LogP contribution in [-0.2, 0) is 9.31 Å². The average molecular weight is 303 g/mol. The van der Waals surface area contributed by atoms with Gasteiger partial charge in [0.2, 0.25) is 0 Å². The molecule has 0 aliphatic carbocycles. The number of benzene rings is 1. The van der Waals surface area contributed by atoms with Gasteiger partial charge in [-0.1, -0.05) is 12.1 Å². The Kier molecular flexibility index (Phi) is 4.00. The fourth-order valence-electron chi connectivity index (χ4n) is 3.01. The first-order chi connectivity index (χ1) is 10.3. The lowest BCUT2D eigenvalue weighted by Crippen LogP contribution is -2.41. The molecule has 1 N–H and O–H groups in total. The number of aliphatic hydroxyl groups excluding tert-OH is 1. The van der Waals surface area contributed by atoms with Gasteiger partial charge in [0.1, 0.15) is 0 Å². The van der Waals surface area contributed by atoms with E-state index in [1.807, 2.05) is 0 Å². The van der Waals surface area contributed by atoms with Gasteiger partial charge in [-0.3, -0.25) is 0 Å². The van der Waals surface area contributed by atoms with Gasteiger partial charge in [-0.05, 0) is 58.1 Å². The zero-order valence-electron chi connectivity index (χ0n) is 14.0. The van der Waals surface area contributed by atoms with Crippen molar-refractivity contribution >= 4 is 18.3 Å². The summed E-state index contributed by atoms with van der Waals surface area (Å²) in [5.74, 6) is 0. The number of hydrogen-bond donors (Lipinski definition) is 1. The molecule has 1 atom stereocenters. The molecule has 22 heavy (non-hydrogen) atoms. The van der Waals surface area contributed by atoms with Crippen LogP contribution in [0.15, 0.2) is 24.3 Å². The van der Waals surface area contributed by atoms with Crippen molar-refractivity contribution in [1.29, 1.82) is 0 Å². The van der Waals surface area contributed by atoms with E-state index in [1.54, 1.807) is 0 Å². The van der Waals surface area contributed by atoms with Crippen LogP contribution in [0.5, 0.6) is 0 Å². The van der Waals surface area contributed by atoms with Gasteiger partial charge >= 0.3 is 7.12 Å². The number of β-amino-alcohol motifs (C(OH)–C–C–N with tert-alkyl or cyclic N) is 1. The molecule has 120 valence electrons. The molecule has 0 aromatic heterocycles. The van der Waals surface area contributed by atoms with Gasteiger partial charge in [-0.15, -0.1) is 0 Å². The third-order valence-electron chi connectivity index (χ3n) is 5.18. The maximum absolute atomic E-state index is 9.80. The summed E-state index contributed by atoms with van der Waals surface area (Å²) in [5, 5.41) is 9.80. The van der Waals surface area contributed by atoms with Gasteiger partial charge in [0.25, 0.3) is 0 Å². The summed E-state index contributed by atoms with van der Waals surface area (Å²) < 4.78 is 12.2. The van der Waals surface area contributed by atoms with Gasteiger partial charge in [0.15, 0.2) is 0 Å². The van der Waals surface area contributed by atoms with Crippen LogP contribution in [0, 0.1) is 0 Å². The third kappa shape index (κ3) is 2.90. The minimum atomic E-state index is -0.314. The molecule has 1 aromatic rings. The SMILES string of the molecule is CC1(C)OB(c2ccc(N3CCCC(O)C3)cc2)OC1(C)C.